The number of fused-ring (bicyclic) bond motifs is 3. The Balaban J connectivity index is 1.36. The van der Waals surface area contributed by atoms with Gasteiger partial charge in [0.25, 0.3) is 5.91 Å². The molecule has 0 bridgehead atoms. The summed E-state index contributed by atoms with van der Waals surface area (Å²) in [6, 6.07) is 14.4. The Kier molecular flexibility index (Phi) is 6.60. The number of carboxylic acids is 1. The van der Waals surface area contributed by atoms with Gasteiger partial charge in [-0.1, -0.05) is 48.5 Å². The fraction of sp³-hybridized carbons (Fsp3) is 0.250. The van der Waals surface area contributed by atoms with Crippen LogP contribution < -0.4 is 10.6 Å². The highest BCUT2D eigenvalue weighted by Crippen LogP contribution is 2.44. The molecule has 1 aliphatic carbocycles. The molecule has 4 N–H and O–H groups in total. The molecule has 3 aromatic rings. The summed E-state index contributed by atoms with van der Waals surface area (Å²) in [6.45, 7) is 1.16. The third-order valence-corrected chi connectivity index (χ3v) is 5.63. The molecular weight excluding hydrogens is 442 g/mol. The number of hydrogen-bond donors (Lipinski definition) is 4. The number of carbonyl (C=O) groups excluding carboxylic acids is 2. The van der Waals surface area contributed by atoms with Crippen LogP contribution in [0.15, 0.2) is 59.3 Å². The highest BCUT2D eigenvalue weighted by atomic mass is 16.5. The van der Waals surface area contributed by atoms with Gasteiger partial charge >= 0.3 is 12.1 Å². The van der Waals surface area contributed by atoms with Gasteiger partial charge in [0.15, 0.2) is 23.9 Å². The molecule has 0 saturated carbocycles. The summed E-state index contributed by atoms with van der Waals surface area (Å²) in [4.78, 5) is 39.7. The fourth-order valence-electron chi connectivity index (χ4n) is 3.98. The molecule has 0 aliphatic heterocycles. The van der Waals surface area contributed by atoms with Gasteiger partial charge in [-0.25, -0.2) is 14.6 Å². The molecule has 0 radical (unpaired) electrons. The molecule has 0 saturated heterocycles. The van der Waals surface area contributed by atoms with Crippen molar-refractivity contribution in [2.45, 2.75) is 31.5 Å². The van der Waals surface area contributed by atoms with Crippen molar-refractivity contribution >= 4 is 18.0 Å². The zero-order valence-electron chi connectivity index (χ0n) is 18.2. The summed E-state index contributed by atoms with van der Waals surface area (Å²) < 4.78 is 10.6. The van der Waals surface area contributed by atoms with E-state index >= 15 is 0 Å². The lowest BCUT2D eigenvalue weighted by molar-refractivity contribution is -0.141. The molecule has 1 heterocycles. The summed E-state index contributed by atoms with van der Waals surface area (Å²) >= 11 is 0. The first-order chi connectivity index (χ1) is 16.4. The Bertz CT molecular complexity index is 1180. The first-order valence-electron chi connectivity index (χ1n) is 10.6. The number of oxazole rings is 1. The highest BCUT2D eigenvalue weighted by molar-refractivity contribution is 5.96. The number of amides is 2. The molecule has 0 fully saturated rings. The van der Waals surface area contributed by atoms with Gasteiger partial charge in [-0.3, -0.25) is 4.79 Å². The van der Waals surface area contributed by atoms with Crippen LogP contribution in [-0.4, -0.2) is 51.9 Å². The van der Waals surface area contributed by atoms with Crippen molar-refractivity contribution in [3.05, 3.63) is 77.5 Å². The van der Waals surface area contributed by atoms with E-state index in [9.17, 15) is 19.5 Å². The van der Waals surface area contributed by atoms with E-state index in [1.807, 2.05) is 48.5 Å². The number of benzene rings is 2. The van der Waals surface area contributed by atoms with Crippen LogP contribution in [0.3, 0.4) is 0 Å². The predicted octanol–water partition coefficient (Wildman–Crippen LogP) is 2.28. The van der Waals surface area contributed by atoms with Gasteiger partial charge in [0, 0.05) is 5.92 Å². The average Bonchev–Trinajstić information content (AvgIpc) is 3.42. The highest BCUT2D eigenvalue weighted by Gasteiger charge is 2.30. The molecule has 10 heteroatoms. The van der Waals surface area contributed by atoms with Crippen LogP contribution in [0, 0.1) is 0 Å². The average molecular weight is 465 g/mol. The summed E-state index contributed by atoms with van der Waals surface area (Å²) in [5.41, 5.74) is 4.18. The molecule has 1 aliphatic rings. The molecule has 2 amide bonds. The molecule has 0 spiro atoms. The number of aliphatic carboxylic acids is 1. The van der Waals surface area contributed by atoms with E-state index < -0.39 is 30.1 Å². The number of aromatic nitrogens is 1. The normalized spacial score (nSPS) is 13.9. The van der Waals surface area contributed by atoms with Crippen molar-refractivity contribution in [2.75, 3.05) is 6.61 Å². The van der Waals surface area contributed by atoms with Gasteiger partial charge in [0.2, 0.25) is 0 Å². The topological polar surface area (TPSA) is 151 Å². The Morgan fingerprint density at radius 3 is 2.29 bits per heavy atom. The number of rotatable bonds is 8. The Labute approximate surface area is 194 Å². The second kappa shape index (κ2) is 9.75. The van der Waals surface area contributed by atoms with E-state index in [0.717, 1.165) is 28.6 Å². The number of aliphatic hydroxyl groups is 1. The van der Waals surface area contributed by atoms with Crippen molar-refractivity contribution in [3.63, 3.8) is 0 Å². The van der Waals surface area contributed by atoms with Gasteiger partial charge in [-0.05, 0) is 29.2 Å². The van der Waals surface area contributed by atoms with E-state index in [4.69, 9.17) is 14.3 Å². The van der Waals surface area contributed by atoms with E-state index in [2.05, 4.69) is 15.6 Å². The Morgan fingerprint density at radius 2 is 1.71 bits per heavy atom. The minimum atomic E-state index is -1.52. The molecule has 176 valence electrons. The predicted molar refractivity (Wildman–Crippen MR) is 119 cm³/mol. The van der Waals surface area contributed by atoms with Gasteiger partial charge < -0.3 is 30.0 Å². The summed E-state index contributed by atoms with van der Waals surface area (Å²) in [6.07, 6.45) is -1.03. The number of carbonyl (C=O) groups is 3. The maximum atomic E-state index is 12.4. The molecule has 2 unspecified atom stereocenters. The first kappa shape index (κ1) is 23.0. The minimum absolute atomic E-state index is 0.0146. The number of alkyl carbamates (subject to hydrolysis) is 1. The summed E-state index contributed by atoms with van der Waals surface area (Å²) in [5, 5.41) is 23.3. The molecule has 4 rings (SSSR count). The number of nitrogens with one attached hydrogen (secondary N) is 2. The number of hydrogen-bond acceptors (Lipinski definition) is 7. The van der Waals surface area contributed by atoms with Crippen LogP contribution in [0.2, 0.25) is 0 Å². The van der Waals surface area contributed by atoms with Crippen LogP contribution in [0.25, 0.3) is 11.1 Å². The molecule has 1 aromatic heterocycles. The van der Waals surface area contributed by atoms with Crippen LogP contribution in [0.1, 0.15) is 40.2 Å². The van der Waals surface area contributed by atoms with Crippen molar-refractivity contribution in [1.29, 1.82) is 0 Å². The van der Waals surface area contributed by atoms with Crippen LogP contribution in [-0.2, 0) is 16.1 Å². The number of carboxylic acid groups (broad SMARTS) is 1. The lowest BCUT2D eigenvalue weighted by atomic mass is 9.98. The fourth-order valence-corrected chi connectivity index (χ4v) is 3.98. The third kappa shape index (κ3) is 4.62. The van der Waals surface area contributed by atoms with Crippen molar-refractivity contribution in [1.82, 2.24) is 15.6 Å². The van der Waals surface area contributed by atoms with Gasteiger partial charge in [-0.2, -0.15) is 0 Å². The standard InChI is InChI=1S/C24H23N3O7/c1-13(28)20(23(30)31)27-22(29)21-19(34-12-26-21)10-25-24(32)33-11-18-16-8-4-2-6-14(16)15-7-3-5-9-17(15)18/h2-9,12-13,18,20,28H,10-11H2,1H3,(H,25,32)(H,27,29)(H,30,31). The molecular formula is C24H23N3O7. The van der Waals surface area contributed by atoms with Crippen molar-refractivity contribution in [2.24, 2.45) is 0 Å². The van der Waals surface area contributed by atoms with E-state index in [0.29, 0.717) is 0 Å². The van der Waals surface area contributed by atoms with E-state index in [-0.39, 0.29) is 30.5 Å². The van der Waals surface area contributed by atoms with E-state index in [1.165, 1.54) is 6.92 Å². The SMILES string of the molecule is CC(O)C(NC(=O)c1ncoc1CNC(=O)OCC1c2ccccc2-c2ccccc21)C(=O)O. The van der Waals surface area contributed by atoms with Gasteiger partial charge in [0.1, 0.15) is 6.61 Å². The monoisotopic (exact) mass is 465 g/mol. The molecule has 34 heavy (non-hydrogen) atoms. The van der Waals surface area contributed by atoms with Crippen molar-refractivity contribution in [3.8, 4) is 11.1 Å². The lowest BCUT2D eigenvalue weighted by Crippen LogP contribution is -2.48. The van der Waals surface area contributed by atoms with Crippen LogP contribution in [0.5, 0.6) is 0 Å². The zero-order valence-corrected chi connectivity index (χ0v) is 18.2. The van der Waals surface area contributed by atoms with Crippen LogP contribution in [0.4, 0.5) is 4.79 Å². The largest absolute Gasteiger partial charge is 0.480 e. The second-order valence-electron chi connectivity index (χ2n) is 7.83. The quantitative estimate of drug-likeness (QED) is 0.396. The zero-order chi connectivity index (χ0) is 24.2. The first-order valence-corrected chi connectivity index (χ1v) is 10.6. The lowest BCUT2D eigenvalue weighted by Gasteiger charge is -2.16. The third-order valence-electron chi connectivity index (χ3n) is 5.63. The smallest absolute Gasteiger partial charge is 0.407 e. The molecule has 2 atom stereocenters. The van der Waals surface area contributed by atoms with Gasteiger partial charge in [0.05, 0.1) is 12.6 Å². The molecule has 10 nitrogen and oxygen atoms in total. The Hall–Kier alpha value is -4.18. The second-order valence-corrected chi connectivity index (χ2v) is 7.83. The molecule has 2 aromatic carbocycles. The summed E-state index contributed by atoms with van der Waals surface area (Å²) in [5.74, 6) is -2.34. The van der Waals surface area contributed by atoms with Crippen LogP contribution >= 0.6 is 0 Å². The summed E-state index contributed by atoms with van der Waals surface area (Å²) in [7, 11) is 0. The number of aliphatic hydroxyl groups excluding tert-OH is 1. The maximum absolute atomic E-state index is 12.4. The Morgan fingerprint density at radius 1 is 1.09 bits per heavy atom. The van der Waals surface area contributed by atoms with Gasteiger partial charge in [-0.15, -0.1) is 0 Å². The maximum Gasteiger partial charge on any atom is 0.407 e. The minimum Gasteiger partial charge on any atom is -0.480 e. The number of ether oxygens (including phenoxy) is 1. The number of nitrogens with zero attached hydrogens (tertiary/aromatic N) is 1. The van der Waals surface area contributed by atoms with E-state index in [1.54, 1.807) is 0 Å². The van der Waals surface area contributed by atoms with Crippen molar-refractivity contribution < 1.29 is 33.8 Å².